The number of aliphatic carboxylic acids is 3. The molecule has 1 radical (unpaired) electrons. The molecule has 0 amide bonds. The van der Waals surface area contributed by atoms with Crippen LogP contribution < -0.4 is 15.3 Å². The molecule has 0 aromatic rings. The number of carbonyl (C=O) groups is 6. The van der Waals surface area contributed by atoms with Gasteiger partial charge in [0, 0.05) is 19.3 Å². The van der Waals surface area contributed by atoms with Gasteiger partial charge in [0.05, 0.1) is 35.7 Å². The number of Topliss-reactive ketones (excluding diaryl/α,β-unsaturated/α-hetero) is 3. The maximum absolute atomic E-state index is 11.0. The number of rotatable bonds is 12. The molecule has 0 N–H and O–H groups in total. The third-order valence-corrected chi connectivity index (χ3v) is 4.85. The van der Waals surface area contributed by atoms with E-state index in [4.69, 9.17) is 0 Å². The summed E-state index contributed by atoms with van der Waals surface area (Å²) in [6.45, 7) is 15.2. The molecule has 0 saturated carbocycles. The van der Waals surface area contributed by atoms with Crippen LogP contribution in [0.1, 0.15) is 81.6 Å². The first-order valence-electron chi connectivity index (χ1n) is 11.2. The molecule has 0 bridgehead atoms. The van der Waals surface area contributed by atoms with E-state index < -0.39 is 35.7 Å². The number of carboxylic acids is 3. The van der Waals surface area contributed by atoms with Crippen molar-refractivity contribution in [3.05, 3.63) is 0 Å². The van der Waals surface area contributed by atoms with Gasteiger partial charge in [-0.2, -0.15) is 0 Å². The fraction of sp³-hybridized carbons (Fsp3) is 0.750. The van der Waals surface area contributed by atoms with Crippen molar-refractivity contribution >= 4 is 35.3 Å². The van der Waals surface area contributed by atoms with Gasteiger partial charge in [-0.3, -0.25) is 14.4 Å². The molecule has 9 nitrogen and oxygen atoms in total. The predicted molar refractivity (Wildman–Crippen MR) is 116 cm³/mol. The molecule has 3 unspecified atom stereocenters. The summed E-state index contributed by atoms with van der Waals surface area (Å²) >= 11 is 0. The predicted octanol–water partition coefficient (Wildman–Crippen LogP) is -0.0397. The summed E-state index contributed by atoms with van der Waals surface area (Å²) in [7, 11) is 0. The minimum absolute atomic E-state index is 0. The van der Waals surface area contributed by atoms with E-state index in [9.17, 15) is 44.1 Å². The van der Waals surface area contributed by atoms with Crippen molar-refractivity contribution < 1.29 is 61.2 Å². The zero-order valence-corrected chi connectivity index (χ0v) is 22.7. The molecule has 0 rings (SSSR count). The Bertz CT molecular complexity index is 579. The van der Waals surface area contributed by atoms with Crippen molar-refractivity contribution in [1.82, 2.24) is 0 Å². The van der Waals surface area contributed by atoms with Gasteiger partial charge < -0.3 is 29.7 Å². The fourth-order valence-electron chi connectivity index (χ4n) is 2.99. The Balaban J connectivity index is -0.000000196. The smallest absolute Gasteiger partial charge is 0.549 e. The van der Waals surface area contributed by atoms with E-state index in [1.165, 1.54) is 0 Å². The summed E-state index contributed by atoms with van der Waals surface area (Å²) in [5, 5.41) is 31.2. The minimum atomic E-state index is -1.26. The second kappa shape index (κ2) is 20.3. The van der Waals surface area contributed by atoms with Crippen molar-refractivity contribution in [2.24, 2.45) is 35.5 Å². The van der Waals surface area contributed by atoms with Gasteiger partial charge in [-0.05, 0) is 17.8 Å². The number of hydrogen-bond acceptors (Lipinski definition) is 9. The van der Waals surface area contributed by atoms with Crippen LogP contribution in [0.5, 0.6) is 0 Å². The summed E-state index contributed by atoms with van der Waals surface area (Å²) in [6, 6.07) is 0. The molecule has 0 aliphatic heterocycles. The van der Waals surface area contributed by atoms with Gasteiger partial charge >= 0.3 is 17.1 Å². The van der Waals surface area contributed by atoms with E-state index >= 15 is 0 Å². The number of hydrogen-bond donors (Lipinski definition) is 0. The van der Waals surface area contributed by atoms with Crippen LogP contribution >= 0.6 is 0 Å². The molecular formula is C24H39FeO9. The summed E-state index contributed by atoms with van der Waals surface area (Å²) in [4.78, 5) is 64.2. The summed E-state index contributed by atoms with van der Waals surface area (Å²) in [5.74, 6) is -7.84. The maximum Gasteiger partial charge on any atom is 3.00 e. The van der Waals surface area contributed by atoms with Crippen molar-refractivity contribution in [2.45, 2.75) is 81.6 Å². The Kier molecular flexibility index (Phi) is 23.4. The Hall–Kier alpha value is -2.06. The van der Waals surface area contributed by atoms with Crippen molar-refractivity contribution in [3.63, 3.8) is 0 Å². The topological polar surface area (TPSA) is 172 Å². The first-order chi connectivity index (χ1) is 15.0. The molecule has 0 aromatic carbocycles. The first kappa shape index (κ1) is 39.2. The van der Waals surface area contributed by atoms with Crippen LogP contribution in [-0.2, 0) is 45.8 Å². The third kappa shape index (κ3) is 15.7. The average Bonchev–Trinajstić information content (AvgIpc) is 2.66. The SMILES string of the molecule is CCC(=O)C(C(=O)[O-])C(C)C.CCC(=O)C(C(=O)[O-])C(C)C.CCC(=O)C(C(=O)[O-])C(C)C.[Fe+3]. The van der Waals surface area contributed by atoms with Crippen LogP contribution in [0.4, 0.5) is 0 Å². The molecule has 0 spiro atoms. The molecule has 0 aliphatic carbocycles. The van der Waals surface area contributed by atoms with E-state index in [1.54, 1.807) is 62.3 Å². The molecule has 0 aromatic heterocycles. The van der Waals surface area contributed by atoms with Crippen molar-refractivity contribution in [2.75, 3.05) is 0 Å². The zero-order valence-electron chi connectivity index (χ0n) is 21.6. The maximum atomic E-state index is 11.0. The van der Waals surface area contributed by atoms with E-state index in [0.29, 0.717) is 0 Å². The summed E-state index contributed by atoms with van der Waals surface area (Å²) < 4.78 is 0. The molecule has 0 fully saturated rings. The standard InChI is InChI=1S/3C8H14O3.Fe/c3*1-4-6(9)7(5(2)3)8(10)11;/h3*5,7H,4H2,1-3H3,(H,10,11);/q;;;+3/p-3. The van der Waals surface area contributed by atoms with E-state index in [1.807, 2.05) is 0 Å². The van der Waals surface area contributed by atoms with Crippen LogP contribution in [0.15, 0.2) is 0 Å². The molecule has 0 aliphatic rings. The van der Waals surface area contributed by atoms with Gasteiger partial charge in [-0.25, -0.2) is 0 Å². The zero-order chi connectivity index (χ0) is 27.0. The van der Waals surface area contributed by atoms with Gasteiger partial charge in [0.2, 0.25) is 0 Å². The molecule has 197 valence electrons. The van der Waals surface area contributed by atoms with Gasteiger partial charge in [0.15, 0.2) is 0 Å². The Morgan fingerprint density at radius 1 is 0.471 bits per heavy atom. The van der Waals surface area contributed by atoms with Gasteiger partial charge in [0.1, 0.15) is 17.3 Å². The average molecular weight is 527 g/mol. The normalized spacial score (nSPS) is 12.7. The second-order valence-electron chi connectivity index (χ2n) is 8.58. The van der Waals surface area contributed by atoms with Crippen LogP contribution in [0.2, 0.25) is 0 Å². The molecular weight excluding hydrogens is 488 g/mol. The molecule has 3 atom stereocenters. The Morgan fingerprint density at radius 3 is 0.647 bits per heavy atom. The number of carbonyl (C=O) groups excluding carboxylic acids is 6. The van der Waals surface area contributed by atoms with Crippen molar-refractivity contribution in [1.29, 1.82) is 0 Å². The Labute approximate surface area is 213 Å². The van der Waals surface area contributed by atoms with Crippen molar-refractivity contribution in [3.8, 4) is 0 Å². The third-order valence-electron chi connectivity index (χ3n) is 4.85. The largest absolute Gasteiger partial charge is 3.00 e. The van der Waals surface area contributed by atoms with Gasteiger partial charge in [-0.1, -0.05) is 62.3 Å². The first-order valence-corrected chi connectivity index (χ1v) is 11.2. The van der Waals surface area contributed by atoms with Crippen LogP contribution in [0.3, 0.4) is 0 Å². The number of ketones is 3. The second-order valence-corrected chi connectivity index (χ2v) is 8.58. The van der Waals surface area contributed by atoms with Crippen LogP contribution in [-0.4, -0.2) is 35.3 Å². The van der Waals surface area contributed by atoms with E-state index in [-0.39, 0.29) is 71.4 Å². The monoisotopic (exact) mass is 527 g/mol. The Morgan fingerprint density at radius 2 is 0.618 bits per heavy atom. The van der Waals surface area contributed by atoms with E-state index in [2.05, 4.69) is 0 Å². The number of carboxylic acid groups (broad SMARTS) is 3. The minimum Gasteiger partial charge on any atom is -0.549 e. The van der Waals surface area contributed by atoms with Crippen LogP contribution in [0, 0.1) is 35.5 Å². The fourth-order valence-corrected chi connectivity index (χ4v) is 2.99. The molecule has 34 heavy (non-hydrogen) atoms. The van der Waals surface area contributed by atoms with E-state index in [0.717, 1.165) is 0 Å². The van der Waals surface area contributed by atoms with Gasteiger partial charge in [0.25, 0.3) is 0 Å². The van der Waals surface area contributed by atoms with Crippen LogP contribution in [0.25, 0.3) is 0 Å². The molecule has 0 heterocycles. The molecule has 0 saturated heterocycles. The summed E-state index contributed by atoms with van der Waals surface area (Å²) in [5.41, 5.74) is 0. The van der Waals surface area contributed by atoms with Gasteiger partial charge in [-0.15, -0.1) is 0 Å². The molecule has 10 heteroatoms. The quantitative estimate of drug-likeness (QED) is 0.249. The summed E-state index contributed by atoms with van der Waals surface area (Å²) in [6.07, 6.45) is 0.782.